The van der Waals surface area contributed by atoms with Crippen molar-refractivity contribution in [1.82, 2.24) is 0 Å². The second-order valence-electron chi connectivity index (χ2n) is 4.89. The first kappa shape index (κ1) is 14.9. The summed E-state index contributed by atoms with van der Waals surface area (Å²) in [5, 5.41) is 8.28. The Hall–Kier alpha value is -1.45. The molecular formula is C15H17O4P. The molecule has 20 heavy (non-hydrogen) atoms. The maximum absolute atomic E-state index is 11.7. The third kappa shape index (κ3) is 2.84. The van der Waals surface area contributed by atoms with Crippen LogP contribution < -0.4 is 0 Å². The van der Waals surface area contributed by atoms with Gasteiger partial charge in [0.05, 0.1) is 0 Å². The van der Waals surface area contributed by atoms with Gasteiger partial charge >= 0.3 is 7.60 Å². The minimum absolute atomic E-state index is 0.659. The molecule has 0 amide bonds. The summed E-state index contributed by atoms with van der Waals surface area (Å²) in [6.07, 6.45) is 0. The molecule has 0 heterocycles. The van der Waals surface area contributed by atoms with Crippen molar-refractivity contribution in [2.75, 3.05) is 0 Å². The first-order valence-electron chi connectivity index (χ1n) is 6.22. The highest BCUT2D eigenvalue weighted by Gasteiger charge is 2.48. The topological polar surface area (TPSA) is 77.8 Å². The molecule has 0 saturated heterocycles. The minimum atomic E-state index is -4.70. The van der Waals surface area contributed by atoms with Crippen molar-refractivity contribution in [3.05, 3.63) is 71.8 Å². The highest BCUT2D eigenvalue weighted by Crippen LogP contribution is 2.57. The van der Waals surface area contributed by atoms with E-state index in [1.165, 1.54) is 6.92 Å². The molecule has 1 unspecified atom stereocenters. The zero-order valence-electron chi connectivity index (χ0n) is 11.0. The maximum Gasteiger partial charge on any atom is 0.357 e. The predicted octanol–water partition coefficient (Wildman–Crippen LogP) is 2.70. The summed E-state index contributed by atoms with van der Waals surface area (Å²) in [7, 11) is -4.70. The van der Waals surface area contributed by atoms with E-state index < -0.39 is 18.9 Å². The molecule has 0 aliphatic rings. The van der Waals surface area contributed by atoms with Crippen molar-refractivity contribution in [3.63, 3.8) is 0 Å². The Morgan fingerprint density at radius 3 is 1.55 bits per heavy atom. The van der Waals surface area contributed by atoms with Crippen LogP contribution in [0.3, 0.4) is 0 Å². The van der Waals surface area contributed by atoms with Crippen LogP contribution in [0.25, 0.3) is 0 Å². The van der Waals surface area contributed by atoms with Gasteiger partial charge in [-0.05, 0) is 18.1 Å². The van der Waals surface area contributed by atoms with Crippen molar-refractivity contribution in [1.29, 1.82) is 0 Å². The van der Waals surface area contributed by atoms with Gasteiger partial charge in [-0.3, -0.25) is 4.57 Å². The molecule has 5 heteroatoms. The highest BCUT2D eigenvalue weighted by molar-refractivity contribution is 7.53. The molecule has 0 aliphatic carbocycles. The molecule has 3 N–H and O–H groups in total. The van der Waals surface area contributed by atoms with Crippen LogP contribution in [0.2, 0.25) is 0 Å². The molecule has 2 aromatic rings. The number of aliphatic hydroxyl groups is 1. The summed E-state index contributed by atoms with van der Waals surface area (Å²) in [6, 6.07) is 17.8. The second kappa shape index (κ2) is 5.51. The van der Waals surface area contributed by atoms with E-state index in [0.717, 1.165) is 0 Å². The zero-order chi connectivity index (χ0) is 14.8. The van der Waals surface area contributed by atoms with Crippen LogP contribution in [-0.2, 0) is 4.57 Å². The van der Waals surface area contributed by atoms with Crippen LogP contribution in [-0.4, -0.2) is 20.2 Å². The van der Waals surface area contributed by atoms with Crippen LogP contribution in [0.1, 0.15) is 24.0 Å². The molecule has 4 nitrogen and oxygen atoms in total. The van der Waals surface area contributed by atoms with E-state index in [9.17, 15) is 19.5 Å². The number of benzene rings is 2. The molecule has 0 aromatic heterocycles. The van der Waals surface area contributed by atoms with Crippen LogP contribution in [0.5, 0.6) is 0 Å². The van der Waals surface area contributed by atoms with Crippen molar-refractivity contribution in [2.45, 2.75) is 18.2 Å². The molecule has 106 valence electrons. The Morgan fingerprint density at radius 1 is 0.900 bits per heavy atom. The Bertz CT molecular complexity index is 565. The van der Waals surface area contributed by atoms with E-state index in [4.69, 9.17) is 0 Å². The van der Waals surface area contributed by atoms with Crippen molar-refractivity contribution in [2.24, 2.45) is 0 Å². The SMILES string of the molecule is CC(O)(C(c1ccccc1)c1ccccc1)P(=O)(O)O. The van der Waals surface area contributed by atoms with Gasteiger partial charge in [0.25, 0.3) is 0 Å². The summed E-state index contributed by atoms with van der Waals surface area (Å²) >= 11 is 0. The minimum Gasteiger partial charge on any atom is -0.377 e. The average Bonchev–Trinajstić information content (AvgIpc) is 2.40. The lowest BCUT2D eigenvalue weighted by molar-refractivity contribution is 0.0927. The lowest BCUT2D eigenvalue weighted by Gasteiger charge is -2.34. The normalized spacial score (nSPS) is 15.1. The fraction of sp³-hybridized carbons (Fsp3) is 0.200. The quantitative estimate of drug-likeness (QED) is 0.757. The number of rotatable bonds is 4. The largest absolute Gasteiger partial charge is 0.377 e. The molecule has 1 atom stereocenters. The van der Waals surface area contributed by atoms with Crippen LogP contribution in [0.15, 0.2) is 60.7 Å². The van der Waals surface area contributed by atoms with E-state index in [1.54, 1.807) is 48.5 Å². The van der Waals surface area contributed by atoms with Crippen LogP contribution >= 0.6 is 7.60 Å². The molecule has 0 bridgehead atoms. The lowest BCUT2D eigenvalue weighted by atomic mass is 9.87. The van der Waals surface area contributed by atoms with Gasteiger partial charge in [0.1, 0.15) is 0 Å². The molecular weight excluding hydrogens is 275 g/mol. The Kier molecular flexibility index (Phi) is 4.11. The Balaban J connectivity index is 2.60. The molecule has 2 rings (SSSR count). The Morgan fingerprint density at radius 2 is 1.25 bits per heavy atom. The summed E-state index contributed by atoms with van der Waals surface area (Å²) in [6.45, 7) is 1.18. The maximum atomic E-state index is 11.7. The molecule has 0 aliphatic heterocycles. The first-order valence-corrected chi connectivity index (χ1v) is 7.83. The fourth-order valence-corrected chi connectivity index (χ4v) is 2.92. The summed E-state index contributed by atoms with van der Waals surface area (Å²) in [4.78, 5) is 19.0. The average molecular weight is 292 g/mol. The first-order chi connectivity index (χ1) is 9.34. The van der Waals surface area contributed by atoms with Crippen LogP contribution in [0.4, 0.5) is 0 Å². The van der Waals surface area contributed by atoms with Gasteiger partial charge < -0.3 is 14.9 Å². The van der Waals surface area contributed by atoms with Gasteiger partial charge in [-0.1, -0.05) is 60.7 Å². The molecule has 0 spiro atoms. The molecule has 2 aromatic carbocycles. The number of hydrogen-bond acceptors (Lipinski definition) is 2. The standard InChI is InChI=1S/C15H17O4P/c1-15(16,20(17,18)19)14(12-8-4-2-5-9-12)13-10-6-3-7-11-13/h2-11,14,16H,1H3,(H2,17,18,19). The highest BCUT2D eigenvalue weighted by atomic mass is 31.2. The van der Waals surface area contributed by atoms with Crippen molar-refractivity contribution >= 4 is 7.60 Å². The third-order valence-electron chi connectivity index (χ3n) is 3.40. The van der Waals surface area contributed by atoms with E-state index in [2.05, 4.69) is 0 Å². The lowest BCUT2D eigenvalue weighted by Crippen LogP contribution is -2.33. The number of hydrogen-bond donors (Lipinski definition) is 3. The summed E-state index contributed by atoms with van der Waals surface area (Å²) < 4.78 is 11.7. The Labute approximate surface area is 117 Å². The second-order valence-corrected chi connectivity index (χ2v) is 6.89. The fourth-order valence-electron chi connectivity index (χ4n) is 2.28. The predicted molar refractivity (Wildman–Crippen MR) is 77.4 cm³/mol. The zero-order valence-corrected chi connectivity index (χ0v) is 11.9. The summed E-state index contributed by atoms with van der Waals surface area (Å²) in [5.74, 6) is -0.800. The van der Waals surface area contributed by atoms with Gasteiger partial charge in [0.15, 0.2) is 5.34 Å². The van der Waals surface area contributed by atoms with Crippen molar-refractivity contribution in [3.8, 4) is 0 Å². The smallest absolute Gasteiger partial charge is 0.357 e. The molecule has 0 fully saturated rings. The van der Waals surface area contributed by atoms with E-state index in [-0.39, 0.29) is 0 Å². The third-order valence-corrected chi connectivity index (χ3v) is 4.84. The van der Waals surface area contributed by atoms with Crippen molar-refractivity contribution < 1.29 is 19.5 Å². The van der Waals surface area contributed by atoms with Crippen LogP contribution in [0, 0.1) is 0 Å². The summed E-state index contributed by atoms with van der Waals surface area (Å²) in [5.41, 5.74) is 1.32. The van der Waals surface area contributed by atoms with Gasteiger partial charge in [-0.15, -0.1) is 0 Å². The van der Waals surface area contributed by atoms with Gasteiger partial charge in [0.2, 0.25) is 0 Å². The van der Waals surface area contributed by atoms with E-state index in [1.807, 2.05) is 12.1 Å². The van der Waals surface area contributed by atoms with Gasteiger partial charge in [-0.2, -0.15) is 0 Å². The van der Waals surface area contributed by atoms with Gasteiger partial charge in [-0.25, -0.2) is 0 Å². The van der Waals surface area contributed by atoms with Gasteiger partial charge in [0, 0.05) is 5.92 Å². The van der Waals surface area contributed by atoms with E-state index in [0.29, 0.717) is 11.1 Å². The van der Waals surface area contributed by atoms with E-state index >= 15 is 0 Å². The monoisotopic (exact) mass is 292 g/mol. The molecule has 0 radical (unpaired) electrons. The molecule has 0 saturated carbocycles.